The number of nitrogens with zero attached hydrogens (tertiary/aromatic N) is 3. The Bertz CT molecular complexity index is 1160. The van der Waals surface area contributed by atoms with Crippen LogP contribution in [0.25, 0.3) is 10.2 Å². The van der Waals surface area contributed by atoms with Gasteiger partial charge in [0.15, 0.2) is 15.0 Å². The van der Waals surface area contributed by atoms with Gasteiger partial charge in [-0.05, 0) is 56.4 Å². The monoisotopic (exact) mass is 461 g/mol. The van der Waals surface area contributed by atoms with Crippen molar-refractivity contribution in [2.75, 3.05) is 44.9 Å². The summed E-state index contributed by atoms with van der Waals surface area (Å²) in [6.07, 6.45) is 0.831. The molecule has 0 radical (unpaired) electrons. The van der Waals surface area contributed by atoms with Gasteiger partial charge < -0.3 is 9.64 Å². The molecule has 0 atom stereocenters. The molecule has 1 aromatic heterocycles. The van der Waals surface area contributed by atoms with E-state index in [0.717, 1.165) is 22.2 Å². The van der Waals surface area contributed by atoms with Crippen LogP contribution in [-0.4, -0.2) is 64.3 Å². The quantitative estimate of drug-likeness (QED) is 0.487. The maximum atomic E-state index is 13.2. The molecule has 0 spiro atoms. The highest BCUT2D eigenvalue weighted by atomic mass is 32.2. The number of fused-ring (bicyclic) bond motifs is 1. The molecule has 9 heteroatoms. The molecular formula is C22H27N3O4S2. The summed E-state index contributed by atoms with van der Waals surface area (Å²) in [6.45, 7) is 3.00. The molecule has 166 valence electrons. The zero-order chi connectivity index (χ0) is 22.6. The average Bonchev–Trinajstić information content (AvgIpc) is 3.17. The Balaban J connectivity index is 1.91. The van der Waals surface area contributed by atoms with E-state index >= 15 is 0 Å². The van der Waals surface area contributed by atoms with E-state index in [0.29, 0.717) is 24.0 Å². The van der Waals surface area contributed by atoms with E-state index in [1.165, 1.54) is 35.5 Å². The van der Waals surface area contributed by atoms with Crippen LogP contribution in [0.2, 0.25) is 0 Å². The summed E-state index contributed by atoms with van der Waals surface area (Å²) in [4.78, 5) is 21.4. The summed E-state index contributed by atoms with van der Waals surface area (Å²) in [5.41, 5.74) is 1.97. The number of para-hydroxylation sites is 1. The van der Waals surface area contributed by atoms with Crippen LogP contribution in [0.5, 0.6) is 5.75 Å². The number of aryl methyl sites for hydroxylation is 1. The number of amides is 1. The third-order valence-electron chi connectivity index (χ3n) is 4.91. The molecule has 31 heavy (non-hydrogen) atoms. The largest absolute Gasteiger partial charge is 0.497 e. The number of likely N-dealkylation sites (N-methyl/N-ethyl adjacent to an activating group) is 1. The van der Waals surface area contributed by atoms with E-state index in [-0.39, 0.29) is 4.90 Å². The third kappa shape index (κ3) is 5.41. The first-order chi connectivity index (χ1) is 14.7. The minimum atomic E-state index is -3.80. The molecule has 0 bridgehead atoms. The first-order valence-electron chi connectivity index (χ1n) is 9.95. The number of thiazole rings is 1. The van der Waals surface area contributed by atoms with Crippen LogP contribution in [0.15, 0.2) is 47.4 Å². The van der Waals surface area contributed by atoms with Crippen LogP contribution < -0.4 is 9.64 Å². The van der Waals surface area contributed by atoms with Gasteiger partial charge in [0, 0.05) is 13.1 Å². The van der Waals surface area contributed by atoms with Crippen LogP contribution in [0.3, 0.4) is 0 Å². The van der Waals surface area contributed by atoms with Gasteiger partial charge in [-0.2, -0.15) is 0 Å². The van der Waals surface area contributed by atoms with E-state index in [1.807, 2.05) is 37.2 Å². The Labute approximate surface area is 187 Å². The number of ether oxygens (including phenoxy) is 1. The molecule has 0 aliphatic rings. The number of benzene rings is 2. The predicted octanol–water partition coefficient (Wildman–Crippen LogP) is 3.24. The van der Waals surface area contributed by atoms with Crippen LogP contribution in [0.4, 0.5) is 5.13 Å². The van der Waals surface area contributed by atoms with E-state index in [4.69, 9.17) is 9.72 Å². The minimum Gasteiger partial charge on any atom is -0.497 e. The van der Waals surface area contributed by atoms with Crippen molar-refractivity contribution in [1.82, 2.24) is 9.88 Å². The fraction of sp³-hybridized carbons (Fsp3) is 0.364. The molecular weight excluding hydrogens is 434 g/mol. The van der Waals surface area contributed by atoms with Gasteiger partial charge in [-0.1, -0.05) is 30.4 Å². The lowest BCUT2D eigenvalue weighted by molar-refractivity contribution is -0.116. The van der Waals surface area contributed by atoms with Gasteiger partial charge in [-0.3, -0.25) is 9.69 Å². The number of carbonyl (C=O) groups is 1. The highest BCUT2D eigenvalue weighted by Crippen LogP contribution is 2.31. The van der Waals surface area contributed by atoms with E-state index in [9.17, 15) is 13.2 Å². The summed E-state index contributed by atoms with van der Waals surface area (Å²) in [5.74, 6) is -0.558. The van der Waals surface area contributed by atoms with E-state index < -0.39 is 21.5 Å². The Hall–Kier alpha value is -2.49. The van der Waals surface area contributed by atoms with Crippen molar-refractivity contribution >= 4 is 42.4 Å². The molecule has 0 aliphatic carbocycles. The molecule has 0 fully saturated rings. The number of anilines is 1. The van der Waals surface area contributed by atoms with Crippen LogP contribution in [-0.2, 0) is 21.1 Å². The van der Waals surface area contributed by atoms with Gasteiger partial charge in [0.05, 0.1) is 22.2 Å². The maximum Gasteiger partial charge on any atom is 0.244 e. The number of methoxy groups -OCH3 is 1. The Kier molecular flexibility index (Phi) is 7.30. The number of carbonyl (C=O) groups excluding carboxylic acids is 1. The summed E-state index contributed by atoms with van der Waals surface area (Å²) < 4.78 is 31.8. The van der Waals surface area contributed by atoms with Crippen molar-refractivity contribution in [3.8, 4) is 5.75 Å². The summed E-state index contributed by atoms with van der Waals surface area (Å²) in [7, 11) is 1.52. The second kappa shape index (κ2) is 9.76. The molecule has 1 heterocycles. The molecule has 3 rings (SSSR count). The highest BCUT2D eigenvalue weighted by Gasteiger charge is 2.27. The molecule has 2 aromatic carbocycles. The average molecular weight is 462 g/mol. The topological polar surface area (TPSA) is 79.8 Å². The smallest absolute Gasteiger partial charge is 0.244 e. The first kappa shape index (κ1) is 23.2. The van der Waals surface area contributed by atoms with Crippen LogP contribution in [0, 0.1) is 0 Å². The van der Waals surface area contributed by atoms with Gasteiger partial charge in [0.1, 0.15) is 11.5 Å². The third-order valence-corrected chi connectivity index (χ3v) is 7.57. The normalized spacial score (nSPS) is 11.8. The fourth-order valence-corrected chi connectivity index (χ4v) is 5.38. The van der Waals surface area contributed by atoms with Gasteiger partial charge in [0.25, 0.3) is 0 Å². The lowest BCUT2D eigenvalue weighted by Gasteiger charge is -2.22. The maximum absolute atomic E-state index is 13.2. The molecule has 0 saturated heterocycles. The van der Waals surface area contributed by atoms with Crippen molar-refractivity contribution in [3.63, 3.8) is 0 Å². The lowest BCUT2D eigenvalue weighted by atomic mass is 10.1. The summed E-state index contributed by atoms with van der Waals surface area (Å²) in [6, 6.07) is 12.0. The summed E-state index contributed by atoms with van der Waals surface area (Å²) >= 11 is 1.41. The molecule has 3 aromatic rings. The SMILES string of the molecule is CCc1cccc2sc(N(CCN(C)C)C(=O)CS(=O)(=O)c3ccc(OC)cc3)nc12. The van der Waals surface area contributed by atoms with E-state index in [2.05, 4.69) is 6.92 Å². The second-order valence-electron chi connectivity index (χ2n) is 7.40. The van der Waals surface area contributed by atoms with Gasteiger partial charge in [-0.15, -0.1) is 0 Å². The first-order valence-corrected chi connectivity index (χ1v) is 12.4. The number of rotatable bonds is 9. The summed E-state index contributed by atoms with van der Waals surface area (Å²) in [5, 5.41) is 0.521. The minimum absolute atomic E-state index is 0.0896. The van der Waals surface area contributed by atoms with Crippen LogP contribution in [0.1, 0.15) is 12.5 Å². The highest BCUT2D eigenvalue weighted by molar-refractivity contribution is 7.92. The zero-order valence-electron chi connectivity index (χ0n) is 18.2. The van der Waals surface area contributed by atoms with E-state index in [1.54, 1.807) is 12.1 Å². The molecule has 0 saturated carbocycles. The van der Waals surface area contributed by atoms with Crippen LogP contribution >= 0.6 is 11.3 Å². The standard InChI is InChI=1S/C22H27N3O4S2/c1-5-16-7-6-8-19-21(16)23-22(30-19)25(14-13-24(2)3)20(26)15-31(27,28)18-11-9-17(29-4)10-12-18/h6-12H,5,13-15H2,1-4H3. The molecule has 1 amide bonds. The second-order valence-corrected chi connectivity index (χ2v) is 10.4. The number of aromatic nitrogens is 1. The Morgan fingerprint density at radius 1 is 1.10 bits per heavy atom. The van der Waals surface area contributed by atoms with Crippen molar-refractivity contribution in [3.05, 3.63) is 48.0 Å². The predicted molar refractivity (Wildman–Crippen MR) is 125 cm³/mol. The molecule has 0 unspecified atom stereocenters. The van der Waals surface area contributed by atoms with Crippen molar-refractivity contribution in [2.45, 2.75) is 18.2 Å². The Morgan fingerprint density at radius 2 is 1.81 bits per heavy atom. The van der Waals surface area contributed by atoms with Gasteiger partial charge in [-0.25, -0.2) is 13.4 Å². The van der Waals surface area contributed by atoms with Crippen molar-refractivity contribution in [1.29, 1.82) is 0 Å². The fourth-order valence-electron chi connectivity index (χ4n) is 3.13. The number of hydrogen-bond acceptors (Lipinski definition) is 7. The molecule has 7 nitrogen and oxygen atoms in total. The van der Waals surface area contributed by atoms with Gasteiger partial charge >= 0.3 is 0 Å². The lowest BCUT2D eigenvalue weighted by Crippen LogP contribution is -2.40. The van der Waals surface area contributed by atoms with Crippen molar-refractivity contribution in [2.24, 2.45) is 0 Å². The zero-order valence-corrected chi connectivity index (χ0v) is 19.8. The van der Waals surface area contributed by atoms with Gasteiger partial charge in [0.2, 0.25) is 5.91 Å². The van der Waals surface area contributed by atoms with Crippen molar-refractivity contribution < 1.29 is 17.9 Å². The molecule has 0 N–H and O–H groups in total. The molecule has 0 aliphatic heterocycles. The Morgan fingerprint density at radius 3 is 2.42 bits per heavy atom. The number of sulfone groups is 1. The number of hydrogen-bond donors (Lipinski definition) is 0.